The molecular formula is C29H63N9O14P2. The van der Waals surface area contributed by atoms with Crippen LogP contribution in [-0.2, 0) is 55.9 Å². The van der Waals surface area contributed by atoms with E-state index in [0.29, 0.717) is 77.5 Å². The summed E-state index contributed by atoms with van der Waals surface area (Å²) < 4.78 is 54.2. The second-order valence-corrected chi connectivity index (χ2v) is 15.1. The predicted octanol–water partition coefficient (Wildman–Crippen LogP) is -2.02. The molecule has 0 aromatic carbocycles. The first-order valence-electron chi connectivity index (χ1n) is 17.8. The molecule has 0 radical (unpaired) electrons. The van der Waals surface area contributed by atoms with Gasteiger partial charge in [-0.2, -0.15) is 0 Å². The highest BCUT2D eigenvalue weighted by molar-refractivity contribution is 7.48. The molecule has 0 aliphatic carbocycles. The number of phosphoric acid groups is 2. The fourth-order valence-corrected chi connectivity index (χ4v) is 6.22. The maximum atomic E-state index is 12.9. The lowest BCUT2D eigenvalue weighted by molar-refractivity contribution is -0.167. The molecule has 0 aromatic rings. The van der Waals surface area contributed by atoms with Crippen LogP contribution in [0.2, 0.25) is 0 Å². The van der Waals surface area contributed by atoms with Crippen molar-refractivity contribution in [2.45, 2.75) is 133 Å². The van der Waals surface area contributed by atoms with Gasteiger partial charge in [-0.3, -0.25) is 28.4 Å². The van der Waals surface area contributed by atoms with E-state index in [1.54, 1.807) is 0 Å². The number of phosphoric ester groups is 2. The average Bonchev–Trinajstić information content (AvgIpc) is 3.07. The van der Waals surface area contributed by atoms with Gasteiger partial charge in [-0.25, -0.2) is 18.7 Å². The minimum Gasteiger partial charge on any atom is -0.449 e. The number of hydrogen-bond acceptors (Lipinski definition) is 21. The van der Waals surface area contributed by atoms with Crippen molar-refractivity contribution in [3.63, 3.8) is 0 Å². The lowest BCUT2D eigenvalue weighted by Crippen LogP contribution is -2.47. The predicted molar refractivity (Wildman–Crippen MR) is 194 cm³/mol. The monoisotopic (exact) mass is 823 g/mol. The second kappa shape index (κ2) is 28.3. The Balaban J connectivity index is 5.65. The van der Waals surface area contributed by atoms with Crippen LogP contribution in [0.4, 0.5) is 0 Å². The highest BCUT2D eigenvalue weighted by Crippen LogP contribution is 2.46. The zero-order valence-corrected chi connectivity index (χ0v) is 32.4. The molecule has 8 unspecified atom stereocenters. The van der Waals surface area contributed by atoms with Crippen LogP contribution in [0.1, 0.15) is 89.9 Å². The van der Waals surface area contributed by atoms with Gasteiger partial charge in [0.25, 0.3) is 0 Å². The molecule has 9 atom stereocenters. The van der Waals surface area contributed by atoms with Crippen LogP contribution in [0.25, 0.3) is 0 Å². The van der Waals surface area contributed by atoms with Crippen LogP contribution in [0.15, 0.2) is 0 Å². The Bertz CT molecular complexity index is 1210. The molecule has 318 valence electrons. The normalized spacial score (nSPS) is 17.8. The number of carbonyl (C=O) groups excluding carboxylic acids is 4. The van der Waals surface area contributed by atoms with Crippen LogP contribution in [-0.4, -0.2) is 103 Å². The summed E-state index contributed by atoms with van der Waals surface area (Å²) in [4.78, 5) is 71.9. The van der Waals surface area contributed by atoms with Crippen molar-refractivity contribution in [2.75, 3.05) is 26.2 Å². The highest BCUT2D eigenvalue weighted by atomic mass is 31.2. The van der Waals surface area contributed by atoms with E-state index in [1.807, 2.05) is 0 Å². The van der Waals surface area contributed by atoms with Gasteiger partial charge in [0.1, 0.15) is 18.5 Å². The van der Waals surface area contributed by atoms with E-state index in [4.69, 9.17) is 70.1 Å². The smallest absolute Gasteiger partial charge is 0.449 e. The van der Waals surface area contributed by atoms with Gasteiger partial charge in [-0.15, -0.1) is 0 Å². The minimum absolute atomic E-state index is 0.0655. The topological polar surface area (TPSA) is 432 Å². The van der Waals surface area contributed by atoms with Gasteiger partial charge in [-0.1, -0.05) is 12.8 Å². The molecule has 0 fully saturated rings. The maximum Gasteiger partial charge on any atom is 0.531 e. The number of hydrogen-bond donors (Lipinski definition) is 11. The third kappa shape index (κ3) is 23.7. The number of unbranched alkanes of at least 4 members (excludes halogenated alkanes) is 4. The van der Waals surface area contributed by atoms with Gasteiger partial charge in [0.05, 0.1) is 12.1 Å². The Labute approximate surface area is 315 Å². The lowest BCUT2D eigenvalue weighted by atomic mass is 10.0. The van der Waals surface area contributed by atoms with Crippen molar-refractivity contribution in [3.05, 3.63) is 0 Å². The van der Waals surface area contributed by atoms with Crippen LogP contribution < -0.4 is 51.6 Å². The maximum absolute atomic E-state index is 12.9. The Hall–Kier alpha value is -2.18. The van der Waals surface area contributed by atoms with Crippen molar-refractivity contribution < 1.29 is 65.7 Å². The van der Waals surface area contributed by atoms with Crippen molar-refractivity contribution in [3.8, 4) is 0 Å². The molecule has 0 heterocycles. The van der Waals surface area contributed by atoms with Crippen LogP contribution in [0.3, 0.4) is 0 Å². The summed E-state index contributed by atoms with van der Waals surface area (Å²) in [6.45, 7) is 1.30. The van der Waals surface area contributed by atoms with Crippen molar-refractivity contribution in [1.82, 2.24) is 0 Å². The number of ether oxygens (including phenoxy) is 2. The zero-order chi connectivity index (χ0) is 41.3. The SMILES string of the molecule is NCCCCC(N)OP(=O)(O)OC(=O)C(OC(=O)CC[C@H](N)C(=O)OC(C(=O)OP(=O)(O)OC(N)CCCCN)C(N)CCCCN)C(N)CCCCN. The van der Waals surface area contributed by atoms with Gasteiger partial charge >= 0.3 is 39.5 Å². The first kappa shape index (κ1) is 51.8. The summed E-state index contributed by atoms with van der Waals surface area (Å²) in [5, 5.41) is 0. The largest absolute Gasteiger partial charge is 0.531 e. The number of esters is 2. The summed E-state index contributed by atoms with van der Waals surface area (Å²) in [6, 6.07) is -4.07. The molecule has 54 heavy (non-hydrogen) atoms. The van der Waals surface area contributed by atoms with E-state index >= 15 is 0 Å². The van der Waals surface area contributed by atoms with E-state index in [2.05, 4.69) is 9.05 Å². The van der Waals surface area contributed by atoms with Crippen LogP contribution in [0.5, 0.6) is 0 Å². The molecule has 0 aliphatic rings. The molecule has 0 saturated carbocycles. The molecule has 0 saturated heterocycles. The molecule has 0 aromatic heterocycles. The molecule has 0 bridgehead atoms. The molecule has 20 N–H and O–H groups in total. The van der Waals surface area contributed by atoms with Crippen molar-refractivity contribution in [2.24, 2.45) is 51.6 Å². The van der Waals surface area contributed by atoms with E-state index in [9.17, 15) is 38.1 Å². The van der Waals surface area contributed by atoms with E-state index in [0.717, 1.165) is 0 Å². The summed E-state index contributed by atoms with van der Waals surface area (Å²) in [6.07, 6.45) is -3.31. The van der Waals surface area contributed by atoms with Crippen LogP contribution >= 0.6 is 15.6 Å². The fourth-order valence-electron chi connectivity index (χ4n) is 4.58. The third-order valence-corrected chi connectivity index (χ3v) is 9.42. The highest BCUT2D eigenvalue weighted by Gasteiger charge is 2.40. The number of rotatable bonds is 32. The van der Waals surface area contributed by atoms with Gasteiger partial charge in [0, 0.05) is 6.42 Å². The Kier molecular flexibility index (Phi) is 27.1. The molecule has 23 nitrogen and oxygen atoms in total. The molecule has 0 aliphatic heterocycles. The molecule has 0 amide bonds. The number of nitrogens with two attached hydrogens (primary N) is 9. The number of carbonyl (C=O) groups is 4. The van der Waals surface area contributed by atoms with Gasteiger partial charge in [0.15, 0.2) is 0 Å². The minimum atomic E-state index is -5.11. The molecule has 25 heteroatoms. The third-order valence-electron chi connectivity index (χ3n) is 7.52. The fraction of sp³-hybridized carbons (Fsp3) is 0.862. The van der Waals surface area contributed by atoms with Crippen molar-refractivity contribution in [1.29, 1.82) is 0 Å². The first-order chi connectivity index (χ1) is 25.3. The molecule has 0 rings (SSSR count). The Morgan fingerprint density at radius 1 is 0.500 bits per heavy atom. The summed E-state index contributed by atoms with van der Waals surface area (Å²) in [7, 11) is -10.2. The molecular weight excluding hydrogens is 760 g/mol. The van der Waals surface area contributed by atoms with Gasteiger partial charge < -0.3 is 70.1 Å². The summed E-state index contributed by atoms with van der Waals surface area (Å²) >= 11 is 0. The Morgan fingerprint density at radius 3 is 1.22 bits per heavy atom. The first-order valence-corrected chi connectivity index (χ1v) is 20.8. The average molecular weight is 824 g/mol. The Morgan fingerprint density at radius 2 is 0.852 bits per heavy atom. The van der Waals surface area contributed by atoms with E-state index < -0.39 is 95.2 Å². The summed E-state index contributed by atoms with van der Waals surface area (Å²) in [5.41, 5.74) is 51.3. The zero-order valence-electron chi connectivity index (χ0n) is 30.7. The lowest BCUT2D eigenvalue weighted by Gasteiger charge is -2.25. The van der Waals surface area contributed by atoms with Gasteiger partial charge in [-0.05, 0) is 96.8 Å². The quantitative estimate of drug-likeness (QED) is 0.0151. The van der Waals surface area contributed by atoms with E-state index in [-0.39, 0.29) is 25.7 Å². The standard InChI is InChI=1S/C29H63N9O14P2/c30-15-5-1-9-19(34)25(28(41)51-53(43,44)49-22(37)11-3-7-17-32)47-24(39)14-13-21(36)27(40)48-26(20(35)10-2-6-16-31)29(42)52-54(45,46)50-23(38)12-4-8-18-33/h19-23,25-26H,1-18,30-38H2,(H,43,44)(H,45,46)/t19?,20?,21-,22?,23?,25?,26?/m0/s1. The van der Waals surface area contributed by atoms with E-state index in [1.165, 1.54) is 0 Å². The van der Waals surface area contributed by atoms with Crippen LogP contribution in [0, 0.1) is 0 Å². The molecule has 0 spiro atoms. The van der Waals surface area contributed by atoms with Gasteiger partial charge in [0.2, 0.25) is 12.2 Å². The summed E-state index contributed by atoms with van der Waals surface area (Å²) in [5.74, 6) is -5.42. The van der Waals surface area contributed by atoms with Crippen molar-refractivity contribution >= 4 is 39.5 Å². The second-order valence-electron chi connectivity index (χ2n) is 12.4.